The molecular weight excluding hydrogens is 334 g/mol. The minimum Gasteiger partial charge on any atom is -0.450 e. The second-order valence-electron chi connectivity index (χ2n) is 6.40. The molecule has 9 heteroatoms. The third-order valence-electron chi connectivity index (χ3n) is 4.71. The summed E-state index contributed by atoms with van der Waals surface area (Å²) in [6.45, 7) is 3.57. The monoisotopic (exact) mass is 361 g/mol. The van der Waals surface area contributed by atoms with Crippen LogP contribution in [-0.2, 0) is 19.4 Å². The number of sulfone groups is 1. The molecule has 2 aliphatic heterocycles. The van der Waals surface area contributed by atoms with Crippen LogP contribution >= 0.6 is 0 Å². The van der Waals surface area contributed by atoms with E-state index in [1.165, 1.54) is 0 Å². The molecule has 2 saturated heterocycles. The van der Waals surface area contributed by atoms with Crippen LogP contribution in [-0.4, -0.2) is 87.1 Å². The molecule has 0 aromatic heterocycles. The number of carbonyl (C=O) groups excluding carboxylic acids is 2. The summed E-state index contributed by atoms with van der Waals surface area (Å²) in [5.74, 6) is 0.132. The molecular formula is C15H27N3O5S. The van der Waals surface area contributed by atoms with Crippen molar-refractivity contribution >= 4 is 21.8 Å². The summed E-state index contributed by atoms with van der Waals surface area (Å²) < 4.78 is 28.0. The molecule has 2 rings (SSSR count). The van der Waals surface area contributed by atoms with Crippen molar-refractivity contribution < 1.29 is 22.7 Å². The second kappa shape index (κ2) is 8.15. The Balaban J connectivity index is 1.70. The standard InChI is InChI=1S/C15H27N3O5S/c1-3-23-15(20)18-7-4-12(5-8-18)16-10-14(19)17(2)13-6-9-24(21,22)11-13/h12-13,16H,3-11H2,1-2H3. The molecule has 1 N–H and O–H groups in total. The fourth-order valence-corrected chi connectivity index (χ4v) is 4.90. The summed E-state index contributed by atoms with van der Waals surface area (Å²) >= 11 is 0. The Kier molecular flexibility index (Phi) is 6.45. The van der Waals surface area contributed by atoms with Crippen molar-refractivity contribution in [2.24, 2.45) is 0 Å². The summed E-state index contributed by atoms with van der Waals surface area (Å²) in [7, 11) is -1.33. The maximum absolute atomic E-state index is 12.2. The lowest BCUT2D eigenvalue weighted by Gasteiger charge is -2.32. The van der Waals surface area contributed by atoms with Crippen LogP contribution in [0.5, 0.6) is 0 Å². The SMILES string of the molecule is CCOC(=O)N1CCC(NCC(=O)N(C)C2CCS(=O)(=O)C2)CC1. The highest BCUT2D eigenvalue weighted by atomic mass is 32.2. The van der Waals surface area contributed by atoms with Gasteiger partial charge in [0.25, 0.3) is 0 Å². The summed E-state index contributed by atoms with van der Waals surface area (Å²) in [6.07, 6.45) is 1.78. The Hall–Kier alpha value is -1.35. The number of hydrogen-bond acceptors (Lipinski definition) is 6. The lowest BCUT2D eigenvalue weighted by molar-refractivity contribution is -0.130. The number of piperidine rings is 1. The van der Waals surface area contributed by atoms with Gasteiger partial charge in [-0.15, -0.1) is 0 Å². The van der Waals surface area contributed by atoms with Gasteiger partial charge in [-0.25, -0.2) is 13.2 Å². The zero-order chi connectivity index (χ0) is 17.7. The number of likely N-dealkylation sites (tertiary alicyclic amines) is 1. The molecule has 24 heavy (non-hydrogen) atoms. The molecule has 1 atom stereocenters. The van der Waals surface area contributed by atoms with E-state index in [2.05, 4.69) is 5.32 Å². The zero-order valence-corrected chi connectivity index (χ0v) is 15.2. The van der Waals surface area contributed by atoms with Crippen molar-refractivity contribution in [2.75, 3.05) is 44.8 Å². The number of hydrogen-bond donors (Lipinski definition) is 1. The van der Waals surface area contributed by atoms with Crippen molar-refractivity contribution in [3.8, 4) is 0 Å². The summed E-state index contributed by atoms with van der Waals surface area (Å²) in [5, 5.41) is 3.22. The molecule has 1 unspecified atom stereocenters. The number of carbonyl (C=O) groups is 2. The first-order chi connectivity index (χ1) is 11.3. The second-order valence-corrected chi connectivity index (χ2v) is 8.63. The average molecular weight is 361 g/mol. The molecule has 2 amide bonds. The van der Waals surface area contributed by atoms with Crippen molar-refractivity contribution in [1.29, 1.82) is 0 Å². The van der Waals surface area contributed by atoms with E-state index in [0.717, 1.165) is 12.8 Å². The van der Waals surface area contributed by atoms with Gasteiger partial charge in [-0.05, 0) is 26.2 Å². The molecule has 2 aliphatic rings. The van der Waals surface area contributed by atoms with Crippen LogP contribution < -0.4 is 5.32 Å². The van der Waals surface area contributed by atoms with E-state index in [1.54, 1.807) is 23.8 Å². The minimum absolute atomic E-state index is 0.0627. The van der Waals surface area contributed by atoms with Gasteiger partial charge in [0, 0.05) is 32.2 Å². The molecule has 0 aromatic rings. The van der Waals surface area contributed by atoms with Gasteiger partial charge in [-0.3, -0.25) is 4.79 Å². The Morgan fingerprint density at radius 1 is 1.25 bits per heavy atom. The molecule has 8 nitrogen and oxygen atoms in total. The highest BCUT2D eigenvalue weighted by Crippen LogP contribution is 2.17. The van der Waals surface area contributed by atoms with E-state index in [4.69, 9.17) is 4.74 Å². The number of likely N-dealkylation sites (N-methyl/N-ethyl adjacent to an activating group) is 1. The van der Waals surface area contributed by atoms with Crippen LogP contribution in [0.2, 0.25) is 0 Å². The largest absolute Gasteiger partial charge is 0.450 e. The van der Waals surface area contributed by atoms with Gasteiger partial charge in [0.05, 0.1) is 24.7 Å². The smallest absolute Gasteiger partial charge is 0.409 e. The number of ether oxygens (including phenoxy) is 1. The molecule has 0 bridgehead atoms. The number of amides is 2. The fourth-order valence-electron chi connectivity index (χ4n) is 3.12. The molecule has 0 aromatic carbocycles. The van der Waals surface area contributed by atoms with Crippen LogP contribution in [0.15, 0.2) is 0 Å². The van der Waals surface area contributed by atoms with Gasteiger partial charge < -0.3 is 19.9 Å². The third kappa shape index (κ3) is 5.07. The van der Waals surface area contributed by atoms with Crippen LogP contribution in [0.3, 0.4) is 0 Å². The quantitative estimate of drug-likeness (QED) is 0.731. The number of nitrogens with zero attached hydrogens (tertiary/aromatic N) is 2. The van der Waals surface area contributed by atoms with Crippen molar-refractivity contribution in [1.82, 2.24) is 15.1 Å². The van der Waals surface area contributed by atoms with Gasteiger partial charge in [0.1, 0.15) is 0 Å². The molecule has 2 fully saturated rings. The lowest BCUT2D eigenvalue weighted by Crippen LogP contribution is -2.49. The zero-order valence-electron chi connectivity index (χ0n) is 14.4. The van der Waals surface area contributed by atoms with Crippen LogP contribution in [0.4, 0.5) is 4.79 Å². The Labute approximate surface area is 143 Å². The molecule has 0 aliphatic carbocycles. The van der Waals surface area contributed by atoms with Crippen molar-refractivity contribution in [3.63, 3.8) is 0 Å². The third-order valence-corrected chi connectivity index (χ3v) is 6.46. The molecule has 0 spiro atoms. The van der Waals surface area contributed by atoms with E-state index in [0.29, 0.717) is 26.1 Å². The van der Waals surface area contributed by atoms with E-state index in [-0.39, 0.29) is 42.1 Å². The van der Waals surface area contributed by atoms with E-state index >= 15 is 0 Å². The molecule has 2 heterocycles. The van der Waals surface area contributed by atoms with Gasteiger partial charge in [0.2, 0.25) is 5.91 Å². The van der Waals surface area contributed by atoms with Crippen LogP contribution in [0.25, 0.3) is 0 Å². The number of nitrogens with one attached hydrogen (secondary N) is 1. The maximum atomic E-state index is 12.2. The first-order valence-electron chi connectivity index (χ1n) is 8.43. The summed E-state index contributed by atoms with van der Waals surface area (Å²) in [5.41, 5.74) is 0. The molecule has 0 saturated carbocycles. The molecule has 0 radical (unpaired) electrons. The van der Waals surface area contributed by atoms with Gasteiger partial charge in [0.15, 0.2) is 9.84 Å². The summed E-state index contributed by atoms with van der Waals surface area (Å²) in [6, 6.07) is -0.0321. The van der Waals surface area contributed by atoms with Crippen molar-refractivity contribution in [2.45, 2.75) is 38.3 Å². The first kappa shape index (κ1) is 19.0. The number of rotatable bonds is 5. The van der Waals surface area contributed by atoms with E-state index < -0.39 is 9.84 Å². The molecule has 138 valence electrons. The van der Waals surface area contributed by atoms with Gasteiger partial charge in [-0.1, -0.05) is 0 Å². The summed E-state index contributed by atoms with van der Waals surface area (Å²) in [4.78, 5) is 27.1. The van der Waals surface area contributed by atoms with Gasteiger partial charge in [-0.2, -0.15) is 0 Å². The van der Waals surface area contributed by atoms with Gasteiger partial charge >= 0.3 is 6.09 Å². The van der Waals surface area contributed by atoms with Crippen molar-refractivity contribution in [3.05, 3.63) is 0 Å². The normalized spacial score (nSPS) is 23.9. The highest BCUT2D eigenvalue weighted by Gasteiger charge is 2.33. The average Bonchev–Trinajstić information content (AvgIpc) is 2.92. The van der Waals surface area contributed by atoms with E-state index in [9.17, 15) is 18.0 Å². The lowest BCUT2D eigenvalue weighted by atomic mass is 10.1. The Bertz CT molecular complexity index is 557. The maximum Gasteiger partial charge on any atom is 0.409 e. The van der Waals surface area contributed by atoms with Crippen LogP contribution in [0, 0.1) is 0 Å². The highest BCUT2D eigenvalue weighted by molar-refractivity contribution is 7.91. The van der Waals surface area contributed by atoms with Crippen LogP contribution in [0.1, 0.15) is 26.2 Å². The Morgan fingerprint density at radius 3 is 2.46 bits per heavy atom. The minimum atomic E-state index is -2.99. The van der Waals surface area contributed by atoms with E-state index in [1.807, 2.05) is 0 Å². The topological polar surface area (TPSA) is 96.0 Å². The predicted octanol–water partition coefficient (Wildman–Crippen LogP) is -0.158. The Morgan fingerprint density at radius 2 is 1.92 bits per heavy atom. The fraction of sp³-hybridized carbons (Fsp3) is 0.867. The first-order valence-corrected chi connectivity index (χ1v) is 10.3. The predicted molar refractivity (Wildman–Crippen MR) is 89.4 cm³/mol.